The average molecular weight is 472 g/mol. The monoisotopic (exact) mass is 472 g/mol. The van der Waals surface area contributed by atoms with Crippen LogP contribution in [0.2, 0.25) is 0 Å². The Morgan fingerprint density at radius 2 is 1.85 bits per heavy atom. The summed E-state index contributed by atoms with van der Waals surface area (Å²) in [5.41, 5.74) is 2.48. The lowest BCUT2D eigenvalue weighted by Gasteiger charge is -2.20. The summed E-state index contributed by atoms with van der Waals surface area (Å²) in [6.07, 6.45) is 6.99. The third-order valence-corrected chi connectivity index (χ3v) is 4.70. The number of halogens is 1. The zero-order chi connectivity index (χ0) is 17.9. The van der Waals surface area contributed by atoms with Crippen LogP contribution in [0.25, 0.3) is 0 Å². The summed E-state index contributed by atoms with van der Waals surface area (Å²) >= 11 is 0. The highest BCUT2D eigenvalue weighted by atomic mass is 127. The van der Waals surface area contributed by atoms with Crippen molar-refractivity contribution in [1.29, 1.82) is 0 Å². The number of nitrogens with zero attached hydrogens (tertiary/aromatic N) is 1. The Morgan fingerprint density at radius 1 is 1.12 bits per heavy atom. The van der Waals surface area contributed by atoms with Gasteiger partial charge in [0.2, 0.25) is 5.91 Å². The van der Waals surface area contributed by atoms with Gasteiger partial charge in [-0.2, -0.15) is 0 Å². The van der Waals surface area contributed by atoms with Crippen molar-refractivity contribution in [3.63, 3.8) is 0 Å². The maximum atomic E-state index is 12.0. The number of nitrogens with one attached hydrogen (secondary N) is 3. The summed E-state index contributed by atoms with van der Waals surface area (Å²) in [5.74, 6) is 1.52. The highest BCUT2D eigenvalue weighted by molar-refractivity contribution is 14.0. The van der Waals surface area contributed by atoms with Gasteiger partial charge in [0.1, 0.15) is 0 Å². The molecule has 0 spiro atoms. The van der Waals surface area contributed by atoms with Gasteiger partial charge in [-0.3, -0.25) is 9.79 Å². The lowest BCUT2D eigenvalue weighted by atomic mass is 9.87. The highest BCUT2D eigenvalue weighted by Crippen LogP contribution is 2.25. The van der Waals surface area contributed by atoms with Gasteiger partial charge in [-0.15, -0.1) is 24.0 Å². The minimum atomic E-state index is 0. The van der Waals surface area contributed by atoms with Gasteiger partial charge in [-0.25, -0.2) is 0 Å². The Labute approximate surface area is 174 Å². The molecule has 0 unspecified atom stereocenters. The van der Waals surface area contributed by atoms with E-state index in [0.29, 0.717) is 25.4 Å². The van der Waals surface area contributed by atoms with Crippen molar-refractivity contribution >= 4 is 35.8 Å². The fraction of sp³-hybridized carbons (Fsp3) is 0.600. The van der Waals surface area contributed by atoms with E-state index >= 15 is 0 Å². The molecule has 0 aromatic heterocycles. The van der Waals surface area contributed by atoms with Crippen LogP contribution in [0.3, 0.4) is 0 Å². The SMILES string of the molecule is CN=C(NCCNC(=O)CC1CCCCC1)NCc1cccc(C)c1.I. The number of rotatable bonds is 7. The molecule has 3 N–H and O–H groups in total. The molecule has 2 rings (SSSR count). The zero-order valence-corrected chi connectivity index (χ0v) is 18.3. The Kier molecular flexibility index (Phi) is 11.3. The quantitative estimate of drug-likeness (QED) is 0.247. The van der Waals surface area contributed by atoms with E-state index in [1.165, 1.54) is 43.2 Å². The van der Waals surface area contributed by atoms with Gasteiger partial charge in [0.15, 0.2) is 5.96 Å². The number of hydrogen-bond acceptors (Lipinski definition) is 2. The molecule has 1 amide bonds. The summed E-state index contributed by atoms with van der Waals surface area (Å²) in [6, 6.07) is 8.40. The van der Waals surface area contributed by atoms with Crippen LogP contribution in [-0.4, -0.2) is 32.0 Å². The fourth-order valence-corrected chi connectivity index (χ4v) is 3.34. The van der Waals surface area contributed by atoms with E-state index in [-0.39, 0.29) is 29.9 Å². The molecule has 0 heterocycles. The van der Waals surface area contributed by atoms with Gasteiger partial charge >= 0.3 is 0 Å². The predicted molar refractivity (Wildman–Crippen MR) is 119 cm³/mol. The number of benzene rings is 1. The molecule has 1 fully saturated rings. The highest BCUT2D eigenvalue weighted by Gasteiger charge is 2.16. The Bertz CT molecular complexity index is 571. The average Bonchev–Trinajstić information content (AvgIpc) is 2.62. The second-order valence-corrected chi connectivity index (χ2v) is 6.90. The molecule has 1 aromatic carbocycles. The van der Waals surface area contributed by atoms with Gasteiger partial charge < -0.3 is 16.0 Å². The standard InChI is InChI=1S/C20H32N4O.HI/c1-16-7-6-10-18(13-16)15-24-20(21-2)23-12-11-22-19(25)14-17-8-4-3-5-9-17;/h6-7,10,13,17H,3-5,8-9,11-12,14-15H2,1-2H3,(H,22,25)(H2,21,23,24);1H. The lowest BCUT2D eigenvalue weighted by Crippen LogP contribution is -2.41. The molecule has 0 radical (unpaired) electrons. The van der Waals surface area contributed by atoms with Crippen LogP contribution in [0.15, 0.2) is 29.3 Å². The maximum Gasteiger partial charge on any atom is 0.220 e. The van der Waals surface area contributed by atoms with E-state index in [1.807, 2.05) is 0 Å². The Hall–Kier alpha value is -1.31. The van der Waals surface area contributed by atoms with Crippen LogP contribution in [0.4, 0.5) is 0 Å². The van der Waals surface area contributed by atoms with Crippen molar-refractivity contribution in [3.05, 3.63) is 35.4 Å². The number of guanidine groups is 1. The van der Waals surface area contributed by atoms with Crippen LogP contribution < -0.4 is 16.0 Å². The number of amides is 1. The lowest BCUT2D eigenvalue weighted by molar-refractivity contribution is -0.122. The topological polar surface area (TPSA) is 65.5 Å². The van der Waals surface area contributed by atoms with Gasteiger partial charge in [0.25, 0.3) is 0 Å². The van der Waals surface area contributed by atoms with Crippen molar-refractivity contribution in [2.45, 2.75) is 52.0 Å². The van der Waals surface area contributed by atoms with Gasteiger partial charge in [0, 0.05) is 33.1 Å². The molecular formula is C20H33IN4O. The second kappa shape index (κ2) is 12.9. The maximum absolute atomic E-state index is 12.0. The van der Waals surface area contributed by atoms with E-state index < -0.39 is 0 Å². The molecule has 146 valence electrons. The molecule has 1 aliphatic carbocycles. The van der Waals surface area contributed by atoms with Crippen LogP contribution in [0.5, 0.6) is 0 Å². The first-order valence-corrected chi connectivity index (χ1v) is 9.44. The fourth-order valence-electron chi connectivity index (χ4n) is 3.34. The number of carbonyl (C=O) groups is 1. The van der Waals surface area contributed by atoms with Crippen molar-refractivity contribution in [2.24, 2.45) is 10.9 Å². The largest absolute Gasteiger partial charge is 0.355 e. The first-order chi connectivity index (χ1) is 12.2. The molecule has 0 aliphatic heterocycles. The van der Waals surface area contributed by atoms with Crippen LogP contribution >= 0.6 is 24.0 Å². The first kappa shape index (κ1) is 22.7. The summed E-state index contributed by atoms with van der Waals surface area (Å²) in [4.78, 5) is 16.2. The predicted octanol–water partition coefficient (Wildman–Crippen LogP) is 3.36. The van der Waals surface area contributed by atoms with Gasteiger partial charge in [-0.1, -0.05) is 49.1 Å². The Morgan fingerprint density at radius 3 is 2.54 bits per heavy atom. The molecular weight excluding hydrogens is 439 g/mol. The minimum Gasteiger partial charge on any atom is -0.355 e. The minimum absolute atomic E-state index is 0. The molecule has 0 atom stereocenters. The van der Waals surface area contributed by atoms with Crippen molar-refractivity contribution in [2.75, 3.05) is 20.1 Å². The van der Waals surface area contributed by atoms with E-state index in [9.17, 15) is 4.79 Å². The summed E-state index contributed by atoms with van der Waals surface area (Å²) in [6.45, 7) is 4.11. The molecule has 1 saturated carbocycles. The van der Waals surface area contributed by atoms with Crippen LogP contribution in [0, 0.1) is 12.8 Å². The van der Waals surface area contributed by atoms with E-state index in [2.05, 4.69) is 52.1 Å². The van der Waals surface area contributed by atoms with Crippen molar-refractivity contribution in [1.82, 2.24) is 16.0 Å². The van der Waals surface area contributed by atoms with E-state index in [0.717, 1.165) is 12.5 Å². The van der Waals surface area contributed by atoms with Crippen molar-refractivity contribution < 1.29 is 4.79 Å². The third-order valence-electron chi connectivity index (χ3n) is 4.70. The second-order valence-electron chi connectivity index (χ2n) is 6.90. The van der Waals surface area contributed by atoms with Crippen LogP contribution in [-0.2, 0) is 11.3 Å². The molecule has 0 saturated heterocycles. The number of carbonyl (C=O) groups excluding carboxylic acids is 1. The Balaban J connectivity index is 0.00000338. The number of aliphatic imine (C=N–C) groups is 1. The summed E-state index contributed by atoms with van der Waals surface area (Å²) in [5, 5.41) is 9.54. The van der Waals surface area contributed by atoms with Crippen LogP contribution in [0.1, 0.15) is 49.7 Å². The third kappa shape index (κ3) is 8.87. The normalized spacial score (nSPS) is 15.1. The molecule has 26 heavy (non-hydrogen) atoms. The number of hydrogen-bond donors (Lipinski definition) is 3. The molecule has 6 heteroatoms. The first-order valence-electron chi connectivity index (χ1n) is 9.44. The molecule has 0 bridgehead atoms. The zero-order valence-electron chi connectivity index (χ0n) is 16.0. The molecule has 1 aliphatic rings. The number of aryl methyl sites for hydroxylation is 1. The summed E-state index contributed by atoms with van der Waals surface area (Å²) < 4.78 is 0. The van der Waals surface area contributed by atoms with E-state index in [1.54, 1.807) is 7.05 Å². The van der Waals surface area contributed by atoms with Crippen molar-refractivity contribution in [3.8, 4) is 0 Å². The smallest absolute Gasteiger partial charge is 0.220 e. The molecule has 1 aromatic rings. The van der Waals surface area contributed by atoms with Gasteiger partial charge in [-0.05, 0) is 31.2 Å². The van der Waals surface area contributed by atoms with E-state index in [4.69, 9.17) is 0 Å². The van der Waals surface area contributed by atoms with Gasteiger partial charge in [0.05, 0.1) is 0 Å². The molecule has 5 nitrogen and oxygen atoms in total. The summed E-state index contributed by atoms with van der Waals surface area (Å²) in [7, 11) is 1.76.